The molecule has 0 bridgehead atoms. The standard InChI is InChI=1S/C9H9ClO/c1-2-9(11)7-3-5-8(10)6-4-7/h2-6,9,11H,1H2. The lowest BCUT2D eigenvalue weighted by molar-refractivity contribution is 0.229. The van der Waals surface area contributed by atoms with Crippen LogP contribution in [0, 0.1) is 0 Å². The van der Waals surface area contributed by atoms with Crippen LogP contribution in [0.4, 0.5) is 0 Å². The number of hydrogen-bond donors (Lipinski definition) is 1. The lowest BCUT2D eigenvalue weighted by Gasteiger charge is -2.03. The summed E-state index contributed by atoms with van der Waals surface area (Å²) < 4.78 is 0. The third-order valence-electron chi connectivity index (χ3n) is 1.43. The van der Waals surface area contributed by atoms with Crippen molar-refractivity contribution in [1.29, 1.82) is 0 Å². The molecular formula is C9H9ClO. The lowest BCUT2D eigenvalue weighted by Crippen LogP contribution is -1.90. The monoisotopic (exact) mass is 168 g/mol. The first-order chi connectivity index (χ1) is 5.24. The highest BCUT2D eigenvalue weighted by molar-refractivity contribution is 6.30. The summed E-state index contributed by atoms with van der Waals surface area (Å²) in [6.07, 6.45) is 0.885. The van der Waals surface area contributed by atoms with E-state index in [2.05, 4.69) is 6.58 Å². The summed E-state index contributed by atoms with van der Waals surface area (Å²) in [4.78, 5) is 0. The van der Waals surface area contributed by atoms with Gasteiger partial charge in [-0.05, 0) is 17.7 Å². The maximum atomic E-state index is 9.26. The lowest BCUT2D eigenvalue weighted by atomic mass is 10.1. The van der Waals surface area contributed by atoms with Gasteiger partial charge in [0, 0.05) is 5.02 Å². The number of aliphatic hydroxyl groups is 1. The Hall–Kier alpha value is -0.790. The minimum Gasteiger partial charge on any atom is -0.384 e. The molecule has 1 unspecified atom stereocenters. The average molecular weight is 169 g/mol. The molecule has 0 aromatic heterocycles. The van der Waals surface area contributed by atoms with Crippen LogP contribution in [0.1, 0.15) is 11.7 Å². The van der Waals surface area contributed by atoms with Gasteiger partial charge in [0.2, 0.25) is 0 Å². The Balaban J connectivity index is 2.89. The van der Waals surface area contributed by atoms with Gasteiger partial charge in [0.05, 0.1) is 6.10 Å². The van der Waals surface area contributed by atoms with Crippen molar-refractivity contribution in [3.63, 3.8) is 0 Å². The van der Waals surface area contributed by atoms with Crippen LogP contribution >= 0.6 is 11.6 Å². The Bertz CT molecular complexity index is 240. The molecule has 0 fully saturated rings. The molecule has 0 heterocycles. The molecule has 58 valence electrons. The minimum absolute atomic E-state index is 0.590. The summed E-state index contributed by atoms with van der Waals surface area (Å²) in [5.74, 6) is 0. The summed E-state index contributed by atoms with van der Waals surface area (Å²) in [6, 6.07) is 7.02. The van der Waals surface area contributed by atoms with Gasteiger partial charge in [-0.3, -0.25) is 0 Å². The molecule has 0 spiro atoms. The first-order valence-corrected chi connectivity index (χ1v) is 3.68. The summed E-state index contributed by atoms with van der Waals surface area (Å²) in [5.41, 5.74) is 0.810. The van der Waals surface area contributed by atoms with Crippen LogP contribution in [0.3, 0.4) is 0 Å². The van der Waals surface area contributed by atoms with Gasteiger partial charge in [-0.2, -0.15) is 0 Å². The predicted octanol–water partition coefficient (Wildman–Crippen LogP) is 2.56. The zero-order chi connectivity index (χ0) is 8.27. The minimum atomic E-state index is -0.590. The van der Waals surface area contributed by atoms with Crippen LogP contribution < -0.4 is 0 Å². The molecule has 0 aliphatic heterocycles. The van der Waals surface area contributed by atoms with Gasteiger partial charge in [0.15, 0.2) is 0 Å². The molecule has 1 nitrogen and oxygen atoms in total. The number of halogens is 1. The van der Waals surface area contributed by atoms with E-state index in [1.54, 1.807) is 24.3 Å². The fraction of sp³-hybridized carbons (Fsp3) is 0.111. The fourth-order valence-electron chi connectivity index (χ4n) is 0.796. The highest BCUT2D eigenvalue weighted by atomic mass is 35.5. The first-order valence-electron chi connectivity index (χ1n) is 3.30. The Kier molecular flexibility index (Phi) is 2.69. The van der Waals surface area contributed by atoms with E-state index in [1.165, 1.54) is 6.08 Å². The molecule has 0 aliphatic carbocycles. The van der Waals surface area contributed by atoms with Crippen LogP contribution in [0.5, 0.6) is 0 Å². The molecule has 0 amide bonds. The summed E-state index contributed by atoms with van der Waals surface area (Å²) in [7, 11) is 0. The van der Waals surface area contributed by atoms with Gasteiger partial charge in [0.25, 0.3) is 0 Å². The third kappa shape index (κ3) is 2.07. The molecule has 1 atom stereocenters. The van der Waals surface area contributed by atoms with Crippen molar-refractivity contribution in [3.8, 4) is 0 Å². The zero-order valence-electron chi connectivity index (χ0n) is 6.00. The van der Waals surface area contributed by atoms with Crippen molar-refractivity contribution in [3.05, 3.63) is 47.5 Å². The Morgan fingerprint density at radius 3 is 2.36 bits per heavy atom. The van der Waals surface area contributed by atoms with E-state index in [1.807, 2.05) is 0 Å². The highest BCUT2D eigenvalue weighted by Gasteiger charge is 2.00. The van der Waals surface area contributed by atoms with E-state index >= 15 is 0 Å². The first kappa shape index (κ1) is 8.31. The molecule has 1 aromatic carbocycles. The molecule has 2 heteroatoms. The van der Waals surface area contributed by atoms with Gasteiger partial charge in [0.1, 0.15) is 0 Å². The van der Waals surface area contributed by atoms with Crippen molar-refractivity contribution >= 4 is 11.6 Å². The van der Waals surface area contributed by atoms with E-state index in [4.69, 9.17) is 11.6 Å². The molecule has 0 radical (unpaired) electrons. The van der Waals surface area contributed by atoms with Gasteiger partial charge in [-0.15, -0.1) is 6.58 Å². The van der Waals surface area contributed by atoms with Gasteiger partial charge >= 0.3 is 0 Å². The van der Waals surface area contributed by atoms with Crippen molar-refractivity contribution in [1.82, 2.24) is 0 Å². The molecule has 11 heavy (non-hydrogen) atoms. The van der Waals surface area contributed by atoms with Gasteiger partial charge < -0.3 is 5.11 Å². The molecule has 1 rings (SSSR count). The Labute approximate surface area is 70.9 Å². The van der Waals surface area contributed by atoms with Crippen LogP contribution in [-0.4, -0.2) is 5.11 Å². The second kappa shape index (κ2) is 3.56. The van der Waals surface area contributed by atoms with Crippen LogP contribution in [0.15, 0.2) is 36.9 Å². The number of aliphatic hydroxyl groups excluding tert-OH is 1. The van der Waals surface area contributed by atoms with E-state index in [0.29, 0.717) is 5.02 Å². The van der Waals surface area contributed by atoms with Gasteiger partial charge in [-0.1, -0.05) is 29.8 Å². The average Bonchev–Trinajstić information content (AvgIpc) is 2.05. The smallest absolute Gasteiger partial charge is 0.0969 e. The number of benzene rings is 1. The maximum absolute atomic E-state index is 9.26. The summed E-state index contributed by atoms with van der Waals surface area (Å²) in [6.45, 7) is 3.48. The molecule has 0 saturated carbocycles. The molecule has 0 saturated heterocycles. The van der Waals surface area contributed by atoms with E-state index in [9.17, 15) is 5.11 Å². The second-order valence-electron chi connectivity index (χ2n) is 2.23. The van der Waals surface area contributed by atoms with Gasteiger partial charge in [-0.25, -0.2) is 0 Å². The van der Waals surface area contributed by atoms with Crippen LogP contribution in [0.2, 0.25) is 5.02 Å². The third-order valence-corrected chi connectivity index (χ3v) is 1.69. The molecule has 1 aromatic rings. The number of hydrogen-bond acceptors (Lipinski definition) is 1. The topological polar surface area (TPSA) is 20.2 Å². The quantitative estimate of drug-likeness (QED) is 0.673. The number of rotatable bonds is 2. The normalized spacial score (nSPS) is 12.5. The van der Waals surface area contributed by atoms with Crippen molar-refractivity contribution < 1.29 is 5.11 Å². The summed E-state index contributed by atoms with van der Waals surface area (Å²) in [5, 5.41) is 9.93. The van der Waals surface area contributed by atoms with E-state index < -0.39 is 6.10 Å². The molecule has 0 aliphatic rings. The van der Waals surface area contributed by atoms with Crippen molar-refractivity contribution in [2.75, 3.05) is 0 Å². The van der Waals surface area contributed by atoms with Crippen LogP contribution in [-0.2, 0) is 0 Å². The maximum Gasteiger partial charge on any atom is 0.0969 e. The SMILES string of the molecule is C=CC(O)c1ccc(Cl)cc1. The summed E-state index contributed by atoms with van der Waals surface area (Å²) >= 11 is 5.65. The molecule has 1 N–H and O–H groups in total. The fourth-order valence-corrected chi connectivity index (χ4v) is 0.922. The Morgan fingerprint density at radius 2 is 1.91 bits per heavy atom. The second-order valence-corrected chi connectivity index (χ2v) is 2.67. The van der Waals surface area contributed by atoms with Crippen LogP contribution in [0.25, 0.3) is 0 Å². The van der Waals surface area contributed by atoms with Crippen molar-refractivity contribution in [2.24, 2.45) is 0 Å². The molecular weight excluding hydrogens is 160 g/mol. The Morgan fingerprint density at radius 1 is 1.36 bits per heavy atom. The zero-order valence-corrected chi connectivity index (χ0v) is 6.75. The van der Waals surface area contributed by atoms with Crippen molar-refractivity contribution in [2.45, 2.75) is 6.10 Å². The highest BCUT2D eigenvalue weighted by Crippen LogP contribution is 2.16. The van der Waals surface area contributed by atoms with E-state index in [0.717, 1.165) is 5.56 Å². The largest absolute Gasteiger partial charge is 0.384 e. The predicted molar refractivity (Wildman–Crippen MR) is 46.6 cm³/mol. The van der Waals surface area contributed by atoms with E-state index in [-0.39, 0.29) is 0 Å².